The lowest BCUT2D eigenvalue weighted by molar-refractivity contribution is 0.479. The van der Waals surface area contributed by atoms with Crippen molar-refractivity contribution in [2.24, 2.45) is 11.7 Å². The topological polar surface area (TPSA) is 69.1 Å². The van der Waals surface area contributed by atoms with E-state index in [1.165, 1.54) is 11.1 Å². The van der Waals surface area contributed by atoms with Crippen LogP contribution in [0.25, 0.3) is 4.96 Å². The molecule has 0 amide bonds. The molecule has 0 aliphatic carbocycles. The van der Waals surface area contributed by atoms with Crippen molar-refractivity contribution in [3.05, 3.63) is 41.2 Å². The Morgan fingerprint density at radius 2 is 2.14 bits per heavy atom. The lowest BCUT2D eigenvalue weighted by Gasteiger charge is -2.11. The van der Waals surface area contributed by atoms with E-state index in [4.69, 9.17) is 5.73 Å². The van der Waals surface area contributed by atoms with E-state index >= 15 is 0 Å². The summed E-state index contributed by atoms with van der Waals surface area (Å²) in [6, 6.07) is 8.39. The van der Waals surface area contributed by atoms with Crippen molar-refractivity contribution >= 4 is 28.1 Å². The van der Waals surface area contributed by atoms with Crippen LogP contribution in [-0.4, -0.2) is 19.8 Å². The monoisotopic (exact) mass is 333 g/mol. The van der Waals surface area contributed by atoms with Gasteiger partial charge in [0.15, 0.2) is 10.2 Å². The average molecular weight is 333 g/mol. The van der Waals surface area contributed by atoms with Gasteiger partial charge in [-0.2, -0.15) is 4.52 Å². The van der Waals surface area contributed by atoms with E-state index in [9.17, 15) is 0 Å². The quantitative estimate of drug-likeness (QED) is 0.724. The molecule has 0 fully saturated rings. The van der Waals surface area contributed by atoms with Crippen molar-refractivity contribution in [3.8, 4) is 0 Å². The van der Waals surface area contributed by atoms with Crippen LogP contribution < -0.4 is 5.73 Å². The first-order valence-corrected chi connectivity index (χ1v) is 9.01. The Balaban J connectivity index is 1.78. The number of nitrogens with zero attached hydrogens (tertiary/aromatic N) is 4. The van der Waals surface area contributed by atoms with Gasteiger partial charge >= 0.3 is 0 Å². The van der Waals surface area contributed by atoms with Gasteiger partial charge < -0.3 is 5.73 Å². The molecule has 0 spiro atoms. The van der Waals surface area contributed by atoms with E-state index in [-0.39, 0.29) is 6.04 Å². The van der Waals surface area contributed by atoms with Gasteiger partial charge in [-0.1, -0.05) is 66.8 Å². The third-order valence-corrected chi connectivity index (χ3v) is 5.56. The van der Waals surface area contributed by atoms with Crippen molar-refractivity contribution in [1.29, 1.82) is 0 Å². The molecule has 1 unspecified atom stereocenters. The average Bonchev–Trinajstić information content (AvgIpc) is 3.04. The van der Waals surface area contributed by atoms with E-state index in [1.807, 2.05) is 0 Å². The molecule has 2 heterocycles. The van der Waals surface area contributed by atoms with Crippen LogP contribution in [0.1, 0.15) is 36.8 Å². The highest BCUT2D eigenvalue weighted by Crippen LogP contribution is 2.29. The largest absolute Gasteiger partial charge is 0.321 e. The normalized spacial score (nSPS) is 13.1. The maximum atomic E-state index is 6.17. The van der Waals surface area contributed by atoms with Crippen molar-refractivity contribution in [2.45, 2.75) is 36.9 Å². The van der Waals surface area contributed by atoms with Crippen LogP contribution in [0.3, 0.4) is 0 Å². The molecule has 7 heteroatoms. The fraction of sp³-hybridized carbons (Fsp3) is 0.400. The minimum Gasteiger partial charge on any atom is -0.321 e. The highest BCUT2D eigenvalue weighted by Gasteiger charge is 2.20. The van der Waals surface area contributed by atoms with Crippen LogP contribution >= 0.6 is 23.1 Å². The Labute approximate surface area is 137 Å². The van der Waals surface area contributed by atoms with Gasteiger partial charge in [-0.3, -0.25) is 0 Å². The van der Waals surface area contributed by atoms with E-state index < -0.39 is 0 Å². The number of thioether (sulfide) groups is 1. The number of nitrogens with two attached hydrogens (primary N) is 1. The number of hydrogen-bond acceptors (Lipinski definition) is 6. The number of aromatic nitrogens is 4. The predicted molar refractivity (Wildman–Crippen MR) is 91.2 cm³/mol. The molecule has 22 heavy (non-hydrogen) atoms. The second kappa shape index (κ2) is 6.36. The summed E-state index contributed by atoms with van der Waals surface area (Å²) in [6.45, 7) is 6.26. The molecule has 3 aromatic rings. The smallest absolute Gasteiger partial charge is 0.235 e. The summed E-state index contributed by atoms with van der Waals surface area (Å²) >= 11 is 3.28. The number of hydrogen-bond donors (Lipinski definition) is 1. The fourth-order valence-electron chi connectivity index (χ4n) is 2.13. The molecule has 0 bridgehead atoms. The SMILES string of the molecule is Cc1cccc(CSc2nn3c(C(N)C(C)C)nnc3s2)c1. The third kappa shape index (κ3) is 3.16. The predicted octanol–water partition coefficient (Wildman–Crippen LogP) is 3.44. The Morgan fingerprint density at radius 1 is 1.32 bits per heavy atom. The molecule has 0 radical (unpaired) electrons. The van der Waals surface area contributed by atoms with E-state index in [0.717, 1.165) is 20.9 Å². The van der Waals surface area contributed by atoms with Gasteiger partial charge in [0.2, 0.25) is 4.96 Å². The Hall–Kier alpha value is -1.44. The van der Waals surface area contributed by atoms with Crippen molar-refractivity contribution < 1.29 is 0 Å². The molecule has 3 rings (SSSR count). The summed E-state index contributed by atoms with van der Waals surface area (Å²) in [6.07, 6.45) is 0. The van der Waals surface area contributed by atoms with E-state index in [2.05, 4.69) is 60.3 Å². The van der Waals surface area contributed by atoms with Crippen LogP contribution in [0.5, 0.6) is 0 Å². The first kappa shape index (κ1) is 15.5. The summed E-state index contributed by atoms with van der Waals surface area (Å²) in [5, 5.41) is 13.0. The van der Waals surface area contributed by atoms with Crippen molar-refractivity contribution in [2.75, 3.05) is 0 Å². The highest BCUT2D eigenvalue weighted by molar-refractivity contribution is 8.00. The molecule has 2 N–H and O–H groups in total. The molecule has 1 aromatic carbocycles. The number of fused-ring (bicyclic) bond motifs is 1. The zero-order chi connectivity index (χ0) is 15.7. The maximum Gasteiger partial charge on any atom is 0.235 e. The Bertz CT molecular complexity index is 777. The summed E-state index contributed by atoms with van der Waals surface area (Å²) in [5.74, 6) is 1.94. The zero-order valence-electron chi connectivity index (χ0n) is 12.9. The fourth-order valence-corrected chi connectivity index (χ4v) is 3.95. The molecule has 1 atom stereocenters. The van der Waals surface area contributed by atoms with Crippen LogP contribution in [0.4, 0.5) is 0 Å². The second-order valence-electron chi connectivity index (χ2n) is 5.67. The molecule has 5 nitrogen and oxygen atoms in total. The summed E-state index contributed by atoms with van der Waals surface area (Å²) in [5.41, 5.74) is 8.75. The van der Waals surface area contributed by atoms with Gasteiger partial charge in [0, 0.05) is 5.75 Å². The molecular weight excluding hydrogens is 314 g/mol. The Morgan fingerprint density at radius 3 is 2.86 bits per heavy atom. The van der Waals surface area contributed by atoms with Gasteiger partial charge in [-0.05, 0) is 18.4 Å². The van der Waals surface area contributed by atoms with Gasteiger partial charge in [-0.15, -0.1) is 15.3 Å². The number of aryl methyl sites for hydroxylation is 1. The van der Waals surface area contributed by atoms with Gasteiger partial charge in [-0.25, -0.2) is 0 Å². The first-order chi connectivity index (χ1) is 10.5. The van der Waals surface area contributed by atoms with E-state index in [0.29, 0.717) is 5.92 Å². The highest BCUT2D eigenvalue weighted by atomic mass is 32.2. The lowest BCUT2D eigenvalue weighted by atomic mass is 10.1. The number of benzene rings is 1. The molecule has 2 aromatic heterocycles. The molecule has 116 valence electrons. The molecule has 0 aliphatic heterocycles. The van der Waals surface area contributed by atoms with Gasteiger partial charge in [0.1, 0.15) is 0 Å². The molecular formula is C15H19N5S2. The number of rotatable bonds is 5. The summed E-state index contributed by atoms with van der Waals surface area (Å²) in [7, 11) is 0. The summed E-state index contributed by atoms with van der Waals surface area (Å²) in [4.78, 5) is 0.804. The zero-order valence-corrected chi connectivity index (χ0v) is 14.5. The minimum atomic E-state index is -0.147. The minimum absolute atomic E-state index is 0.147. The summed E-state index contributed by atoms with van der Waals surface area (Å²) < 4.78 is 2.78. The molecule has 0 aliphatic rings. The first-order valence-electron chi connectivity index (χ1n) is 7.20. The van der Waals surface area contributed by atoms with Crippen molar-refractivity contribution in [3.63, 3.8) is 0 Å². The maximum absolute atomic E-state index is 6.17. The molecule has 0 saturated carbocycles. The molecule has 0 saturated heterocycles. The Kier molecular flexibility index (Phi) is 4.46. The second-order valence-corrected chi connectivity index (χ2v) is 7.85. The van der Waals surface area contributed by atoms with Crippen LogP contribution in [-0.2, 0) is 5.75 Å². The van der Waals surface area contributed by atoms with Crippen LogP contribution in [0.2, 0.25) is 0 Å². The lowest BCUT2D eigenvalue weighted by Crippen LogP contribution is -2.20. The van der Waals surface area contributed by atoms with Crippen LogP contribution in [0.15, 0.2) is 28.6 Å². The van der Waals surface area contributed by atoms with Gasteiger partial charge in [0.25, 0.3) is 0 Å². The standard InChI is InChI=1S/C15H19N5S2/c1-9(2)12(16)13-17-18-14-20(13)19-15(22-14)21-8-11-6-4-5-10(3)7-11/h4-7,9,12H,8,16H2,1-3H3. The third-order valence-electron chi connectivity index (χ3n) is 3.46. The van der Waals surface area contributed by atoms with Crippen LogP contribution in [0, 0.1) is 12.8 Å². The van der Waals surface area contributed by atoms with Crippen molar-refractivity contribution in [1.82, 2.24) is 19.8 Å². The van der Waals surface area contributed by atoms with E-state index in [1.54, 1.807) is 27.6 Å². The van der Waals surface area contributed by atoms with Gasteiger partial charge in [0.05, 0.1) is 6.04 Å².